The van der Waals surface area contributed by atoms with Gasteiger partial charge in [-0.2, -0.15) is 0 Å². The Morgan fingerprint density at radius 1 is 0.800 bits per heavy atom. The van der Waals surface area contributed by atoms with Gasteiger partial charge in [0, 0.05) is 54.6 Å². The first-order valence-corrected chi connectivity index (χ1v) is 29.4. The summed E-state index contributed by atoms with van der Waals surface area (Å²) in [5.41, 5.74) is 6.13. The maximum Gasteiger partial charge on any atom is 1.00 e. The van der Waals surface area contributed by atoms with Crippen molar-refractivity contribution < 1.29 is 140 Å². The molecule has 3 aromatic carbocycles. The number of phenolic OH excluding ortho intramolecular Hbond substituents is 1. The summed E-state index contributed by atoms with van der Waals surface area (Å²) >= 11 is 0. The van der Waals surface area contributed by atoms with Crippen LogP contribution in [0.4, 0.5) is 0 Å². The Labute approximate surface area is 536 Å². The van der Waals surface area contributed by atoms with Crippen molar-refractivity contribution in [2.75, 3.05) is 19.7 Å². The standard InChI is InChI=1S/C56H71N9O23S.Na/c1-4-5-6-17-86-32-14-11-28(12-15-32)39-21-33(63-87-39)27-7-9-29(10-8-27)49(75)58-34-20-38(70)52(78)62-54(80)45-46(72)25(2)23-65(45)56(82)43(37(69)22-41(57)71)60-53(79)44(48(74)47(73)30-13-16-36(68)40(18-30)88-89(83,84)85)61-51(77)35-19-31(67)24-64(35)55(81)42(26(3)66)59-50(34)76;/h7-16,18,21,25-26,31,34-35,37-38,42-48,52,66-70,72-74,78H,4-6,17,19-20,22-24H2,1-3H3,(H2,57,71)(H,58,75)(H,59,76)(H,60,79)(H,61,77)(H,62,80)(H,83,84,85);/q;+1/p-1/t25-,26+,31+,34-,35-,37+,38+,42-,43-,44-,45-,46-,47-,48-,52+;/m0./s1/i11+1,12+1,14+1,15+1,28+1,32+1;. The third-order valence-corrected chi connectivity index (χ3v) is 15.6. The Balaban J connectivity index is 0.0000129. The van der Waals surface area contributed by atoms with Crippen LogP contribution in [0, 0.1) is 5.92 Å². The van der Waals surface area contributed by atoms with E-state index in [2.05, 4.69) is 32.2 Å². The van der Waals surface area contributed by atoms with E-state index in [1.807, 2.05) is 10.6 Å². The molecule has 0 saturated carbocycles. The van der Waals surface area contributed by atoms with Gasteiger partial charge in [-0.15, -0.1) is 0 Å². The van der Waals surface area contributed by atoms with E-state index in [1.165, 1.54) is 31.2 Å². The molecule has 4 heterocycles. The van der Waals surface area contributed by atoms with Gasteiger partial charge in [0.05, 0.1) is 37.4 Å². The van der Waals surface area contributed by atoms with Crippen LogP contribution in [-0.2, 0) is 44.0 Å². The zero-order chi connectivity index (χ0) is 65.3. The number of aliphatic hydroxyl groups excluding tert-OH is 8. The van der Waals surface area contributed by atoms with Crippen molar-refractivity contribution in [3.63, 3.8) is 0 Å². The zero-order valence-electron chi connectivity index (χ0n) is 49.0. The number of carbonyl (C=O) groups is 8. The van der Waals surface area contributed by atoms with Crippen molar-refractivity contribution in [2.24, 2.45) is 11.7 Å². The molecule has 0 radical (unpaired) electrons. The molecule has 0 bridgehead atoms. The molecule has 16 N–H and O–H groups in total. The number of phenols is 1. The molecule has 484 valence electrons. The maximum atomic E-state index is 14.7. The first kappa shape index (κ1) is 71.7. The van der Waals surface area contributed by atoms with Crippen LogP contribution in [-0.4, -0.2) is 220 Å². The van der Waals surface area contributed by atoms with Gasteiger partial charge in [0.2, 0.25) is 41.4 Å². The van der Waals surface area contributed by atoms with Crippen molar-refractivity contribution in [3.05, 3.63) is 83.9 Å². The fraction of sp³-hybridized carbons (Fsp3) is 0.482. The summed E-state index contributed by atoms with van der Waals surface area (Å²) in [6.45, 7) is 3.72. The Kier molecular flexibility index (Phi) is 24.8. The van der Waals surface area contributed by atoms with Crippen LogP contribution in [0.3, 0.4) is 0 Å². The number of nitrogens with two attached hydrogens (primary N) is 1. The van der Waals surface area contributed by atoms with Crippen LogP contribution in [0.2, 0.25) is 0 Å². The van der Waals surface area contributed by atoms with E-state index < -0.39 is 198 Å². The minimum Gasteiger partial charge on any atom is -0.716 e. The molecule has 34 heteroatoms. The van der Waals surface area contributed by atoms with Gasteiger partial charge < -0.3 is 106 Å². The second-order valence-corrected chi connectivity index (χ2v) is 22.9. The van der Waals surface area contributed by atoms with Crippen LogP contribution >= 0.6 is 0 Å². The summed E-state index contributed by atoms with van der Waals surface area (Å²) in [5.74, 6) is -13.0. The fourth-order valence-corrected chi connectivity index (χ4v) is 10.7. The smallest absolute Gasteiger partial charge is 0.716 e. The van der Waals surface area contributed by atoms with E-state index in [0.717, 1.165) is 32.3 Å². The number of nitrogens with zero attached hydrogens (tertiary/aromatic N) is 3. The summed E-state index contributed by atoms with van der Waals surface area (Å²) in [4.78, 5) is 115. The number of hydrogen-bond acceptors (Lipinski definition) is 24. The third kappa shape index (κ3) is 17.8. The molecule has 1 aromatic heterocycles. The van der Waals surface area contributed by atoms with Gasteiger partial charge >= 0.3 is 29.6 Å². The number of ether oxygens (including phenoxy) is 1. The predicted octanol–water partition coefficient (Wildman–Crippen LogP) is -7.24. The predicted molar refractivity (Wildman–Crippen MR) is 302 cm³/mol. The average Bonchev–Trinajstić information content (AvgIpc) is 2.24. The number of aromatic hydroxyl groups is 1. The molecule has 4 aromatic rings. The van der Waals surface area contributed by atoms with E-state index >= 15 is 0 Å². The number of amides is 8. The molecule has 32 nitrogen and oxygen atoms in total. The van der Waals surface area contributed by atoms with Crippen LogP contribution < -0.4 is 70.8 Å². The number of aromatic nitrogens is 1. The maximum absolute atomic E-state index is 14.7. The van der Waals surface area contributed by atoms with Crippen molar-refractivity contribution in [3.8, 4) is 39.8 Å². The van der Waals surface area contributed by atoms with E-state index in [4.69, 9.17) is 15.0 Å². The molecule has 7 rings (SSSR count). The molecule has 0 aliphatic carbocycles. The molecule has 3 aliphatic heterocycles. The second-order valence-electron chi connectivity index (χ2n) is 21.9. The molecule has 90 heavy (non-hydrogen) atoms. The van der Waals surface area contributed by atoms with E-state index in [1.54, 1.807) is 30.3 Å². The Bertz CT molecular complexity index is 3340. The van der Waals surface area contributed by atoms with Gasteiger partial charge in [0.25, 0.3) is 16.3 Å². The summed E-state index contributed by atoms with van der Waals surface area (Å²) in [6.07, 6.45) is -17.3. The number of rotatable bonds is 18. The van der Waals surface area contributed by atoms with Gasteiger partial charge in [0.15, 0.2) is 23.5 Å². The summed E-state index contributed by atoms with van der Waals surface area (Å²) < 4.78 is 49.9. The molecule has 15 atom stereocenters. The number of fused-ring (bicyclic) bond motifs is 2. The molecule has 3 aliphatic rings. The monoisotopic (exact) mass is 1300 g/mol. The van der Waals surface area contributed by atoms with Gasteiger partial charge in [-0.1, -0.05) is 50.0 Å². The molecular weight excluding hydrogens is 1230 g/mol. The number of nitrogens with one attached hydrogen (secondary N) is 5. The van der Waals surface area contributed by atoms with Crippen molar-refractivity contribution in [1.29, 1.82) is 0 Å². The van der Waals surface area contributed by atoms with Gasteiger partial charge in [0.1, 0.15) is 66.0 Å². The number of benzene rings is 3. The fourth-order valence-electron chi connectivity index (χ4n) is 10.3. The van der Waals surface area contributed by atoms with Gasteiger partial charge in [-0.05, 0) is 67.4 Å². The minimum atomic E-state index is -5.60. The Morgan fingerprint density at radius 3 is 2.07 bits per heavy atom. The molecule has 3 fully saturated rings. The third-order valence-electron chi connectivity index (χ3n) is 15.2. The van der Waals surface area contributed by atoms with E-state index in [0.29, 0.717) is 56.9 Å². The zero-order valence-corrected chi connectivity index (χ0v) is 51.8. The SMILES string of the molecule is CCCCCO[13c]1[13cH][13cH][13c](-c2cc(-c3ccc(C(=O)N[C@H]4C[C@@H](O)[C@@H](O)NC(=O)[C@@H]5[C@@H](O)[C@@H](C)CN5C(=O)[C@H]([C@H](O)CC(N)=O)NC(=O)[C@H]([C@H](O)[C@@H](O)c5ccc(O)c(OS(=O)(=O)[O-])c5)NC(=O)[C@@H]5C[C@@H](O)CN5C(=O)[C@H]([C@@H](C)O)NC4=O)cc3)no2)[13cH][13cH]1.[Na+]. The largest absolute Gasteiger partial charge is 1.00 e. The molecule has 8 amide bonds. The summed E-state index contributed by atoms with van der Waals surface area (Å²) in [5, 5.41) is 116. The van der Waals surface area contributed by atoms with E-state index in [-0.39, 0.29) is 35.1 Å². The minimum absolute atomic E-state index is 0. The van der Waals surface area contributed by atoms with Gasteiger partial charge in [-0.3, -0.25) is 38.4 Å². The van der Waals surface area contributed by atoms with Crippen molar-refractivity contribution >= 4 is 57.7 Å². The normalized spacial score (nSPS) is 26.2. The number of primary amides is 1. The summed E-state index contributed by atoms with van der Waals surface area (Å²) in [6, 6.07) is 3.38. The Hall–Kier alpha value is -7.38. The Morgan fingerprint density at radius 2 is 1.43 bits per heavy atom. The first-order chi connectivity index (χ1) is 42.0. The second kappa shape index (κ2) is 31.1. The van der Waals surface area contributed by atoms with Crippen LogP contribution in [0.1, 0.15) is 81.3 Å². The summed E-state index contributed by atoms with van der Waals surface area (Å²) in [7, 11) is -5.60. The quantitative estimate of drug-likeness (QED) is 0.0190. The van der Waals surface area contributed by atoms with E-state index in [9.17, 15) is 97.3 Å². The number of aliphatic hydroxyl groups is 8. The molecule has 3 saturated heterocycles. The van der Waals surface area contributed by atoms with Crippen molar-refractivity contribution in [1.82, 2.24) is 41.5 Å². The van der Waals surface area contributed by atoms with Gasteiger partial charge in [-0.25, -0.2) is 8.42 Å². The number of hydrogen-bond donors (Lipinski definition) is 15. The molecule has 0 unspecified atom stereocenters. The number of carbonyl (C=O) groups excluding carboxylic acids is 8. The van der Waals surface area contributed by atoms with Crippen LogP contribution in [0.5, 0.6) is 17.2 Å². The molecule has 0 spiro atoms. The molecular formula is C56H70N9NaO23S. The van der Waals surface area contributed by atoms with Crippen LogP contribution in [0.25, 0.3) is 22.6 Å². The number of unbranched alkanes of at least 4 members (excludes halogenated alkanes) is 2. The van der Waals surface area contributed by atoms with Crippen LogP contribution in [0.15, 0.2) is 77.3 Å². The average molecular weight is 1300 g/mol. The first-order valence-electron chi connectivity index (χ1n) is 28.1. The topological polar surface area (TPSA) is 513 Å². The van der Waals surface area contributed by atoms with Crippen molar-refractivity contribution in [2.45, 2.75) is 145 Å².